The van der Waals surface area contributed by atoms with Gasteiger partial charge in [-0.25, -0.2) is 4.79 Å². The van der Waals surface area contributed by atoms with Crippen molar-refractivity contribution in [3.05, 3.63) is 63.1 Å². The zero-order chi connectivity index (χ0) is 27.7. The number of rotatable bonds is 8. The van der Waals surface area contributed by atoms with Crippen LogP contribution in [0.2, 0.25) is 10.0 Å². The first-order valence-corrected chi connectivity index (χ1v) is 14.8. The van der Waals surface area contributed by atoms with Crippen molar-refractivity contribution in [2.24, 2.45) is 0 Å². The van der Waals surface area contributed by atoms with E-state index in [-0.39, 0.29) is 42.4 Å². The Morgan fingerprint density at radius 3 is 2.48 bits per heavy atom. The summed E-state index contributed by atoms with van der Waals surface area (Å²) >= 11 is 12.8. The van der Waals surface area contributed by atoms with E-state index in [0.29, 0.717) is 27.4 Å². The van der Waals surface area contributed by atoms with E-state index >= 15 is 0 Å². The lowest BCUT2D eigenvalue weighted by atomic mass is 9.84. The third-order valence-corrected chi connectivity index (χ3v) is 9.05. The SMILES string of the molecule is CC(C)Oc1cccc2c1C(=O)N(C)C2C(CCN1CCC(N2CCCNC2=O)CC1)c1ccc(Cl)c(Cl)c1.Cl. The summed E-state index contributed by atoms with van der Waals surface area (Å²) in [6.45, 7) is 8.35. The number of piperidine rings is 1. The lowest BCUT2D eigenvalue weighted by Crippen LogP contribution is -2.54. The van der Waals surface area contributed by atoms with Gasteiger partial charge >= 0.3 is 6.03 Å². The molecule has 40 heavy (non-hydrogen) atoms. The Morgan fingerprint density at radius 1 is 1.05 bits per heavy atom. The molecule has 2 fully saturated rings. The Kier molecular flexibility index (Phi) is 10.1. The van der Waals surface area contributed by atoms with E-state index in [0.717, 1.165) is 69.5 Å². The van der Waals surface area contributed by atoms with Crippen LogP contribution in [0, 0.1) is 0 Å². The number of fused-ring (bicyclic) bond motifs is 1. The summed E-state index contributed by atoms with van der Waals surface area (Å²) in [4.78, 5) is 32.2. The topological polar surface area (TPSA) is 65.1 Å². The first-order valence-electron chi connectivity index (χ1n) is 14.0. The van der Waals surface area contributed by atoms with Crippen LogP contribution in [0.5, 0.6) is 5.75 Å². The fraction of sp³-hybridized carbons (Fsp3) is 0.533. The van der Waals surface area contributed by atoms with Crippen LogP contribution in [0.4, 0.5) is 4.79 Å². The van der Waals surface area contributed by atoms with Crippen molar-refractivity contribution >= 4 is 47.5 Å². The summed E-state index contributed by atoms with van der Waals surface area (Å²) in [5, 5.41) is 4.02. The van der Waals surface area contributed by atoms with Crippen molar-refractivity contribution < 1.29 is 14.3 Å². The van der Waals surface area contributed by atoms with E-state index in [2.05, 4.69) is 10.2 Å². The molecule has 0 aliphatic carbocycles. The van der Waals surface area contributed by atoms with E-state index in [4.69, 9.17) is 27.9 Å². The Balaban J connectivity index is 0.00000370. The smallest absolute Gasteiger partial charge is 0.317 e. The van der Waals surface area contributed by atoms with E-state index in [1.165, 1.54) is 0 Å². The number of benzene rings is 2. The molecule has 3 aliphatic heterocycles. The molecule has 3 aliphatic rings. The maximum atomic E-state index is 13.5. The molecule has 2 aromatic rings. The van der Waals surface area contributed by atoms with Gasteiger partial charge in [0.05, 0.1) is 27.8 Å². The highest BCUT2D eigenvalue weighted by Crippen LogP contribution is 2.47. The molecule has 0 spiro atoms. The molecule has 0 radical (unpaired) electrons. The van der Waals surface area contributed by atoms with E-state index in [1.54, 1.807) is 0 Å². The number of amides is 3. The molecule has 3 heterocycles. The lowest BCUT2D eigenvalue weighted by Gasteiger charge is -2.40. The Labute approximate surface area is 253 Å². The predicted molar refractivity (Wildman–Crippen MR) is 162 cm³/mol. The minimum Gasteiger partial charge on any atom is -0.490 e. The quantitative estimate of drug-likeness (QED) is 0.377. The summed E-state index contributed by atoms with van der Waals surface area (Å²) in [6, 6.07) is 12.0. The monoisotopic (exact) mass is 608 g/mol. The largest absolute Gasteiger partial charge is 0.490 e. The molecule has 7 nitrogen and oxygen atoms in total. The van der Waals surface area contributed by atoms with Crippen LogP contribution in [0.15, 0.2) is 36.4 Å². The van der Waals surface area contributed by atoms with Crippen LogP contribution in [0.3, 0.4) is 0 Å². The van der Waals surface area contributed by atoms with Gasteiger partial charge < -0.3 is 24.8 Å². The average molecular weight is 610 g/mol. The van der Waals surface area contributed by atoms with E-state index < -0.39 is 0 Å². The number of carbonyl (C=O) groups is 2. The van der Waals surface area contributed by atoms with Gasteiger partial charge in [-0.3, -0.25) is 4.79 Å². The lowest BCUT2D eigenvalue weighted by molar-refractivity contribution is 0.0737. The van der Waals surface area contributed by atoms with Crippen LogP contribution < -0.4 is 10.1 Å². The second kappa shape index (κ2) is 13.2. The maximum Gasteiger partial charge on any atom is 0.317 e. The fourth-order valence-corrected chi connectivity index (χ4v) is 6.70. The van der Waals surface area contributed by atoms with Crippen LogP contribution in [0.1, 0.15) is 73.0 Å². The molecule has 218 valence electrons. The number of likely N-dealkylation sites (N-methyl/N-ethyl adjacent to an activating group) is 1. The second-order valence-corrected chi connectivity index (χ2v) is 12.0. The van der Waals surface area contributed by atoms with Crippen LogP contribution in [-0.2, 0) is 0 Å². The van der Waals surface area contributed by atoms with Gasteiger partial charge in [0.1, 0.15) is 5.75 Å². The molecule has 5 rings (SSSR count). The van der Waals surface area contributed by atoms with Crippen LogP contribution in [-0.4, -0.2) is 78.6 Å². The molecule has 3 amide bonds. The average Bonchev–Trinajstić information content (AvgIpc) is 3.17. The van der Waals surface area contributed by atoms with Crippen LogP contribution >= 0.6 is 35.6 Å². The molecule has 2 saturated heterocycles. The number of carbonyl (C=O) groups excluding carboxylic acids is 2. The number of halogens is 3. The molecule has 2 unspecified atom stereocenters. The van der Waals surface area contributed by atoms with Crippen molar-refractivity contribution in [1.82, 2.24) is 20.0 Å². The number of urea groups is 1. The second-order valence-electron chi connectivity index (χ2n) is 11.2. The summed E-state index contributed by atoms with van der Waals surface area (Å²) in [6.07, 6.45) is 3.79. The predicted octanol–water partition coefficient (Wildman–Crippen LogP) is 6.38. The number of nitrogens with one attached hydrogen (secondary N) is 1. The highest BCUT2D eigenvalue weighted by atomic mass is 35.5. The number of hydrogen-bond acceptors (Lipinski definition) is 4. The minimum absolute atomic E-state index is 0. The molecule has 1 N–H and O–H groups in total. The van der Waals surface area contributed by atoms with Gasteiger partial charge in [0.15, 0.2) is 0 Å². The third-order valence-electron chi connectivity index (χ3n) is 8.31. The van der Waals surface area contributed by atoms with Crippen molar-refractivity contribution in [3.8, 4) is 5.75 Å². The van der Waals surface area contributed by atoms with E-state index in [9.17, 15) is 9.59 Å². The fourth-order valence-electron chi connectivity index (χ4n) is 6.40. The highest BCUT2D eigenvalue weighted by Gasteiger charge is 2.42. The molecular formula is C30H39Cl3N4O3. The molecule has 10 heteroatoms. The van der Waals surface area contributed by atoms with Gasteiger partial charge in [0.25, 0.3) is 5.91 Å². The van der Waals surface area contributed by atoms with Gasteiger partial charge in [-0.05, 0) is 75.4 Å². The standard InChI is InChI=1S/C30H38Cl2N4O3.ClH/c1-19(2)39-26-7-4-6-23-27(26)29(37)34(3)28(23)22(20-8-9-24(31)25(32)18-20)12-17-35-15-10-21(11-16-35)36-14-5-13-33-30(36)38;/h4,6-9,18-19,21-22,28H,5,10-17H2,1-3H3,(H,33,38);1H. The first kappa shape index (κ1) is 30.8. The van der Waals surface area contributed by atoms with Crippen molar-refractivity contribution in [1.29, 1.82) is 0 Å². The third kappa shape index (κ3) is 6.33. The summed E-state index contributed by atoms with van der Waals surface area (Å²) in [7, 11) is 1.88. The Morgan fingerprint density at radius 2 is 1.80 bits per heavy atom. The van der Waals surface area contributed by atoms with E-state index in [1.807, 2.05) is 67.1 Å². The van der Waals surface area contributed by atoms with Gasteiger partial charge in [-0.15, -0.1) is 12.4 Å². The number of likely N-dealkylation sites (tertiary alicyclic amines) is 1. The van der Waals surface area contributed by atoms with Gasteiger partial charge in [0, 0.05) is 45.2 Å². The Hall–Kier alpha value is -2.19. The van der Waals surface area contributed by atoms with Gasteiger partial charge in [-0.1, -0.05) is 41.4 Å². The molecule has 0 bridgehead atoms. The molecule has 0 saturated carbocycles. The summed E-state index contributed by atoms with van der Waals surface area (Å²) in [5.74, 6) is 0.644. The normalized spacial score (nSPS) is 20.8. The zero-order valence-corrected chi connectivity index (χ0v) is 25.7. The zero-order valence-electron chi connectivity index (χ0n) is 23.4. The molecule has 2 atom stereocenters. The van der Waals surface area contributed by atoms with Crippen molar-refractivity contribution in [2.75, 3.05) is 39.8 Å². The summed E-state index contributed by atoms with van der Waals surface area (Å²) < 4.78 is 6.04. The van der Waals surface area contributed by atoms with Crippen molar-refractivity contribution in [2.45, 2.75) is 63.6 Å². The van der Waals surface area contributed by atoms with Crippen molar-refractivity contribution in [3.63, 3.8) is 0 Å². The molecule has 0 aromatic heterocycles. The number of hydrogen-bond donors (Lipinski definition) is 1. The molecular weight excluding hydrogens is 571 g/mol. The Bertz CT molecular complexity index is 1220. The summed E-state index contributed by atoms with van der Waals surface area (Å²) in [5.41, 5.74) is 2.72. The van der Waals surface area contributed by atoms with Gasteiger partial charge in [-0.2, -0.15) is 0 Å². The maximum absolute atomic E-state index is 13.5. The highest BCUT2D eigenvalue weighted by molar-refractivity contribution is 6.42. The van der Waals surface area contributed by atoms with Crippen LogP contribution in [0.25, 0.3) is 0 Å². The number of nitrogens with zero attached hydrogens (tertiary/aromatic N) is 3. The minimum atomic E-state index is -0.143. The first-order chi connectivity index (χ1) is 18.7. The number of ether oxygens (including phenoxy) is 1. The van der Waals surface area contributed by atoms with Gasteiger partial charge in [0.2, 0.25) is 0 Å². The molecule has 2 aromatic carbocycles.